The van der Waals surface area contributed by atoms with Crippen molar-refractivity contribution in [2.24, 2.45) is 0 Å². The summed E-state index contributed by atoms with van der Waals surface area (Å²) in [7, 11) is 0. The van der Waals surface area contributed by atoms with Gasteiger partial charge in [0, 0.05) is 0 Å². The number of nitrogens with zero attached hydrogens (tertiary/aromatic N) is 1. The molecule has 0 saturated carbocycles. The first-order valence-corrected chi connectivity index (χ1v) is 8.06. The van der Waals surface area contributed by atoms with E-state index in [4.69, 9.17) is 0 Å². The number of fused-ring (bicyclic) bond motifs is 1. The van der Waals surface area contributed by atoms with Gasteiger partial charge in [0.25, 0.3) is 0 Å². The van der Waals surface area contributed by atoms with Crippen LogP contribution >= 0.6 is 11.3 Å². The van der Waals surface area contributed by atoms with E-state index in [0.29, 0.717) is 11.6 Å². The topological polar surface area (TPSA) is 42.0 Å². The van der Waals surface area contributed by atoms with Crippen LogP contribution in [0.25, 0.3) is 10.2 Å². The van der Waals surface area contributed by atoms with E-state index >= 15 is 0 Å². The molecule has 0 atom stereocenters. The van der Waals surface area contributed by atoms with Crippen molar-refractivity contribution < 1.29 is 4.79 Å². The van der Waals surface area contributed by atoms with E-state index in [2.05, 4.69) is 41.5 Å². The Morgan fingerprint density at radius 1 is 1.09 bits per heavy atom. The fourth-order valence-corrected chi connectivity index (χ4v) is 3.39. The summed E-state index contributed by atoms with van der Waals surface area (Å²) in [5, 5.41) is 3.58. The predicted octanol–water partition coefficient (Wildman–Crippen LogP) is 4.40. The van der Waals surface area contributed by atoms with Gasteiger partial charge in [0.05, 0.1) is 16.6 Å². The average molecular weight is 310 g/mol. The van der Waals surface area contributed by atoms with Crippen LogP contribution in [-0.2, 0) is 11.2 Å². The summed E-state index contributed by atoms with van der Waals surface area (Å²) in [5.74, 6) is -0.0236. The molecule has 0 unspecified atom stereocenters. The Morgan fingerprint density at radius 2 is 1.82 bits per heavy atom. The Bertz CT molecular complexity index is 851. The Balaban J connectivity index is 1.76. The molecule has 0 aliphatic carbocycles. The first-order valence-electron chi connectivity index (χ1n) is 7.24. The predicted molar refractivity (Wildman–Crippen MR) is 92.6 cm³/mol. The van der Waals surface area contributed by atoms with Crippen molar-refractivity contribution in [2.45, 2.75) is 27.2 Å². The molecule has 3 aromatic rings. The van der Waals surface area contributed by atoms with Crippen LogP contribution in [0.2, 0.25) is 0 Å². The van der Waals surface area contributed by atoms with Crippen molar-refractivity contribution in [1.29, 1.82) is 0 Å². The molecule has 1 aromatic heterocycles. The maximum atomic E-state index is 12.2. The molecule has 1 heterocycles. The third kappa shape index (κ3) is 3.17. The van der Waals surface area contributed by atoms with Gasteiger partial charge in [-0.3, -0.25) is 4.79 Å². The third-order valence-electron chi connectivity index (χ3n) is 3.65. The molecule has 0 aliphatic rings. The average Bonchev–Trinajstić information content (AvgIpc) is 2.84. The zero-order valence-corrected chi connectivity index (χ0v) is 13.8. The van der Waals surface area contributed by atoms with Crippen LogP contribution < -0.4 is 5.32 Å². The number of carbonyl (C=O) groups is 1. The number of rotatable bonds is 3. The molecule has 0 aliphatic heterocycles. The number of hydrogen-bond acceptors (Lipinski definition) is 3. The zero-order valence-electron chi connectivity index (χ0n) is 12.9. The first kappa shape index (κ1) is 14.7. The van der Waals surface area contributed by atoms with Crippen molar-refractivity contribution in [1.82, 2.24) is 4.98 Å². The summed E-state index contributed by atoms with van der Waals surface area (Å²) in [6.45, 7) is 6.12. The zero-order chi connectivity index (χ0) is 15.7. The number of carbonyl (C=O) groups excluding carboxylic acids is 1. The van der Waals surface area contributed by atoms with Gasteiger partial charge < -0.3 is 5.32 Å². The van der Waals surface area contributed by atoms with Crippen molar-refractivity contribution in [3.05, 3.63) is 58.7 Å². The lowest BCUT2D eigenvalue weighted by atomic mass is 10.0. The quantitative estimate of drug-likeness (QED) is 0.779. The maximum absolute atomic E-state index is 12.2. The number of hydrogen-bond donors (Lipinski definition) is 1. The monoisotopic (exact) mass is 310 g/mol. The van der Waals surface area contributed by atoms with Gasteiger partial charge in [-0.25, -0.2) is 4.98 Å². The number of amides is 1. The normalized spacial score (nSPS) is 10.9. The molecule has 0 fully saturated rings. The lowest BCUT2D eigenvalue weighted by Gasteiger charge is -2.06. The minimum absolute atomic E-state index is 0.0236. The molecule has 3 nitrogen and oxygen atoms in total. The highest BCUT2D eigenvalue weighted by atomic mass is 32.1. The van der Waals surface area contributed by atoms with Gasteiger partial charge in [0.1, 0.15) is 0 Å². The highest BCUT2D eigenvalue weighted by Gasteiger charge is 2.10. The highest BCUT2D eigenvalue weighted by molar-refractivity contribution is 7.22. The number of aryl methyl sites for hydroxylation is 3. The number of anilines is 1. The van der Waals surface area contributed by atoms with Crippen LogP contribution in [0.3, 0.4) is 0 Å². The second-order valence-corrected chi connectivity index (χ2v) is 6.68. The summed E-state index contributed by atoms with van der Waals surface area (Å²) >= 11 is 1.51. The lowest BCUT2D eigenvalue weighted by molar-refractivity contribution is -0.115. The Labute approximate surface area is 134 Å². The fraction of sp³-hybridized carbons (Fsp3) is 0.222. The standard InChI is InChI=1S/C18H18N2OS/c1-11-4-6-13(3)14(8-11)10-17(21)20-18-19-15-7-5-12(2)9-16(15)22-18/h4-9H,10H2,1-3H3,(H,19,20,21). The summed E-state index contributed by atoms with van der Waals surface area (Å²) < 4.78 is 1.10. The van der Waals surface area contributed by atoms with E-state index in [1.165, 1.54) is 22.5 Å². The van der Waals surface area contributed by atoms with Gasteiger partial charge >= 0.3 is 0 Å². The molecule has 112 valence electrons. The summed E-state index contributed by atoms with van der Waals surface area (Å²) in [6.07, 6.45) is 0.377. The number of benzene rings is 2. The second-order valence-electron chi connectivity index (χ2n) is 5.65. The number of thiazole rings is 1. The summed E-state index contributed by atoms with van der Waals surface area (Å²) in [6, 6.07) is 12.3. The van der Waals surface area contributed by atoms with Gasteiger partial charge in [-0.05, 0) is 49.6 Å². The van der Waals surface area contributed by atoms with Gasteiger partial charge in [0.15, 0.2) is 5.13 Å². The molecule has 0 saturated heterocycles. The van der Waals surface area contributed by atoms with E-state index in [1.807, 2.05) is 26.0 Å². The van der Waals surface area contributed by atoms with Crippen molar-refractivity contribution >= 4 is 32.6 Å². The van der Waals surface area contributed by atoms with Crippen molar-refractivity contribution in [3.63, 3.8) is 0 Å². The van der Waals surface area contributed by atoms with Crippen LogP contribution in [0.15, 0.2) is 36.4 Å². The van der Waals surface area contributed by atoms with E-state index in [9.17, 15) is 4.79 Å². The van der Waals surface area contributed by atoms with Crippen LogP contribution in [0.4, 0.5) is 5.13 Å². The lowest BCUT2D eigenvalue weighted by Crippen LogP contribution is -2.14. The van der Waals surface area contributed by atoms with Gasteiger partial charge in [0.2, 0.25) is 5.91 Å². The van der Waals surface area contributed by atoms with Crippen molar-refractivity contribution in [3.8, 4) is 0 Å². The van der Waals surface area contributed by atoms with E-state index in [1.54, 1.807) is 0 Å². The SMILES string of the molecule is Cc1ccc(C)c(CC(=O)Nc2nc3ccc(C)cc3s2)c1. The molecule has 4 heteroatoms. The third-order valence-corrected chi connectivity index (χ3v) is 4.58. The summed E-state index contributed by atoms with van der Waals surface area (Å²) in [4.78, 5) is 16.7. The van der Waals surface area contributed by atoms with Crippen LogP contribution in [-0.4, -0.2) is 10.9 Å². The van der Waals surface area contributed by atoms with Gasteiger partial charge in [-0.1, -0.05) is 41.2 Å². The molecule has 0 spiro atoms. The largest absolute Gasteiger partial charge is 0.302 e. The number of nitrogens with one attached hydrogen (secondary N) is 1. The van der Waals surface area contributed by atoms with E-state index in [0.717, 1.165) is 21.3 Å². The molecule has 0 radical (unpaired) electrons. The van der Waals surface area contributed by atoms with Crippen LogP contribution in [0.5, 0.6) is 0 Å². The van der Waals surface area contributed by atoms with Crippen LogP contribution in [0, 0.1) is 20.8 Å². The molecule has 1 amide bonds. The molecule has 0 bridgehead atoms. The molecule has 3 rings (SSSR count). The fourth-order valence-electron chi connectivity index (χ4n) is 2.41. The minimum atomic E-state index is -0.0236. The molecular weight excluding hydrogens is 292 g/mol. The maximum Gasteiger partial charge on any atom is 0.230 e. The molecule has 22 heavy (non-hydrogen) atoms. The highest BCUT2D eigenvalue weighted by Crippen LogP contribution is 2.26. The Kier molecular flexibility index (Phi) is 3.94. The first-order chi connectivity index (χ1) is 10.5. The van der Waals surface area contributed by atoms with E-state index in [-0.39, 0.29) is 5.91 Å². The number of aromatic nitrogens is 1. The van der Waals surface area contributed by atoms with Gasteiger partial charge in [-0.15, -0.1) is 0 Å². The molecule has 2 aromatic carbocycles. The minimum Gasteiger partial charge on any atom is -0.302 e. The molecule has 1 N–H and O–H groups in total. The van der Waals surface area contributed by atoms with Gasteiger partial charge in [-0.2, -0.15) is 0 Å². The Hall–Kier alpha value is -2.20. The summed E-state index contributed by atoms with van der Waals surface area (Å²) in [5.41, 5.74) is 5.50. The molecular formula is C18H18N2OS. The van der Waals surface area contributed by atoms with Crippen molar-refractivity contribution in [2.75, 3.05) is 5.32 Å². The van der Waals surface area contributed by atoms with E-state index < -0.39 is 0 Å². The smallest absolute Gasteiger partial charge is 0.230 e. The second kappa shape index (κ2) is 5.89. The van der Waals surface area contributed by atoms with Crippen LogP contribution in [0.1, 0.15) is 22.3 Å². The Morgan fingerprint density at radius 3 is 2.64 bits per heavy atom.